The number of carbonyl (C=O) groups is 3. The van der Waals surface area contributed by atoms with Crippen LogP contribution in [-0.2, 0) is 16.0 Å². The van der Waals surface area contributed by atoms with Crippen LogP contribution in [0, 0.1) is 6.92 Å². The Balaban J connectivity index is 1.57. The Morgan fingerprint density at radius 3 is 2.85 bits per heavy atom. The van der Waals surface area contributed by atoms with E-state index in [0.29, 0.717) is 30.8 Å². The minimum absolute atomic E-state index is 0.00383. The van der Waals surface area contributed by atoms with Crippen molar-refractivity contribution < 1.29 is 28.6 Å². The molecular weight excluding hydrogens is 352 g/mol. The van der Waals surface area contributed by atoms with Gasteiger partial charge in [0.15, 0.2) is 6.61 Å². The molecule has 0 saturated carbocycles. The molecule has 0 fully saturated rings. The molecule has 142 valence electrons. The van der Waals surface area contributed by atoms with Gasteiger partial charge in [0.1, 0.15) is 17.9 Å². The maximum Gasteiger partial charge on any atom is 0.311 e. The Labute approximate surface area is 155 Å². The molecule has 2 heterocycles. The highest BCUT2D eigenvalue weighted by Crippen LogP contribution is 2.31. The Kier molecular flexibility index (Phi) is 5.44. The van der Waals surface area contributed by atoms with Crippen molar-refractivity contribution in [3.63, 3.8) is 0 Å². The Hall–Kier alpha value is -3.29. The molecule has 0 saturated heterocycles. The lowest BCUT2D eigenvalue weighted by Gasteiger charge is -2.29. The number of fused-ring (bicyclic) bond motifs is 1. The maximum absolute atomic E-state index is 12.4. The zero-order chi connectivity index (χ0) is 19.4. The second-order valence-corrected chi connectivity index (χ2v) is 6.20. The van der Waals surface area contributed by atoms with Crippen molar-refractivity contribution in [2.45, 2.75) is 19.8 Å². The summed E-state index contributed by atoms with van der Waals surface area (Å²) in [5.41, 5.74) is 1.56. The number of benzene rings is 1. The minimum Gasteiger partial charge on any atom is -0.482 e. The van der Waals surface area contributed by atoms with E-state index in [-0.39, 0.29) is 36.2 Å². The van der Waals surface area contributed by atoms with Crippen LogP contribution in [0.5, 0.6) is 5.75 Å². The standard InChI is InChI=1S/C19H20N2O6/c1-12-10-26-15(9-17(23)24)18(12)19(25)20-7-4-8-21-13-5-2-3-6-14(13)27-11-16(21)22/h2-3,5-6,10H,4,7-9,11H2,1H3,(H,20,25)(H,23,24). The molecule has 0 radical (unpaired) electrons. The zero-order valence-electron chi connectivity index (χ0n) is 14.9. The van der Waals surface area contributed by atoms with Crippen LogP contribution < -0.4 is 15.0 Å². The SMILES string of the molecule is Cc1coc(CC(=O)O)c1C(=O)NCCCN1C(=O)COc2ccccc21. The fourth-order valence-corrected chi connectivity index (χ4v) is 3.00. The molecule has 0 atom stereocenters. The number of anilines is 1. The third-order valence-corrected chi connectivity index (χ3v) is 4.24. The highest BCUT2D eigenvalue weighted by Gasteiger charge is 2.25. The maximum atomic E-state index is 12.4. The molecule has 0 spiro atoms. The van der Waals surface area contributed by atoms with Crippen LogP contribution in [0.4, 0.5) is 5.69 Å². The summed E-state index contributed by atoms with van der Waals surface area (Å²) in [7, 11) is 0. The summed E-state index contributed by atoms with van der Waals surface area (Å²) >= 11 is 0. The number of hydrogen-bond acceptors (Lipinski definition) is 5. The third kappa shape index (κ3) is 4.11. The number of carboxylic acid groups (broad SMARTS) is 1. The lowest BCUT2D eigenvalue weighted by atomic mass is 10.1. The average molecular weight is 372 g/mol. The van der Waals surface area contributed by atoms with Gasteiger partial charge >= 0.3 is 5.97 Å². The molecule has 0 bridgehead atoms. The monoisotopic (exact) mass is 372 g/mol. The van der Waals surface area contributed by atoms with E-state index in [1.165, 1.54) is 6.26 Å². The lowest BCUT2D eigenvalue weighted by molar-refractivity contribution is -0.136. The topological polar surface area (TPSA) is 109 Å². The van der Waals surface area contributed by atoms with Crippen LogP contribution in [-0.4, -0.2) is 42.6 Å². The van der Waals surface area contributed by atoms with Gasteiger partial charge in [-0.2, -0.15) is 0 Å². The normalized spacial score (nSPS) is 13.1. The number of furan rings is 1. The van der Waals surface area contributed by atoms with Gasteiger partial charge in [-0.15, -0.1) is 0 Å². The summed E-state index contributed by atoms with van der Waals surface area (Å²) in [5.74, 6) is -0.785. The summed E-state index contributed by atoms with van der Waals surface area (Å²) in [6.07, 6.45) is 1.56. The van der Waals surface area contributed by atoms with Gasteiger partial charge in [-0.25, -0.2) is 0 Å². The molecule has 8 heteroatoms. The van der Waals surface area contributed by atoms with Gasteiger partial charge in [0, 0.05) is 18.7 Å². The molecule has 0 unspecified atom stereocenters. The van der Waals surface area contributed by atoms with E-state index in [9.17, 15) is 14.4 Å². The van der Waals surface area contributed by atoms with E-state index >= 15 is 0 Å². The molecular formula is C19H20N2O6. The number of hydrogen-bond donors (Lipinski definition) is 2. The van der Waals surface area contributed by atoms with Crippen LogP contribution in [0.15, 0.2) is 34.9 Å². The summed E-state index contributed by atoms with van der Waals surface area (Å²) in [6, 6.07) is 7.30. The number of aliphatic carboxylic acids is 1. The van der Waals surface area contributed by atoms with E-state index in [2.05, 4.69) is 5.32 Å². The van der Waals surface area contributed by atoms with Crippen LogP contribution in [0.25, 0.3) is 0 Å². The van der Waals surface area contributed by atoms with E-state index in [1.807, 2.05) is 24.3 Å². The second kappa shape index (κ2) is 7.94. The third-order valence-electron chi connectivity index (χ3n) is 4.24. The lowest BCUT2D eigenvalue weighted by Crippen LogP contribution is -2.40. The Morgan fingerprint density at radius 1 is 1.30 bits per heavy atom. The predicted octanol–water partition coefficient (Wildman–Crippen LogP) is 1.76. The summed E-state index contributed by atoms with van der Waals surface area (Å²) in [4.78, 5) is 37.0. The van der Waals surface area contributed by atoms with Gasteiger partial charge in [0.25, 0.3) is 11.8 Å². The average Bonchev–Trinajstić information content (AvgIpc) is 2.99. The van der Waals surface area contributed by atoms with Crippen molar-refractivity contribution in [1.29, 1.82) is 0 Å². The smallest absolute Gasteiger partial charge is 0.311 e. The van der Waals surface area contributed by atoms with Gasteiger partial charge in [0.05, 0.1) is 17.5 Å². The first kappa shape index (κ1) is 18.5. The zero-order valence-corrected chi connectivity index (χ0v) is 14.9. The van der Waals surface area contributed by atoms with E-state index in [4.69, 9.17) is 14.3 Å². The summed E-state index contributed by atoms with van der Waals surface area (Å²) < 4.78 is 10.6. The van der Waals surface area contributed by atoms with E-state index < -0.39 is 5.97 Å². The highest BCUT2D eigenvalue weighted by molar-refractivity contribution is 5.98. The van der Waals surface area contributed by atoms with Crippen molar-refractivity contribution in [2.24, 2.45) is 0 Å². The van der Waals surface area contributed by atoms with Crippen LogP contribution in [0.3, 0.4) is 0 Å². The molecule has 1 aliphatic heterocycles. The number of carbonyl (C=O) groups excluding carboxylic acids is 2. The molecule has 1 aromatic heterocycles. The first-order valence-electron chi connectivity index (χ1n) is 8.56. The predicted molar refractivity (Wildman–Crippen MR) is 96.0 cm³/mol. The number of nitrogens with zero attached hydrogens (tertiary/aromatic N) is 1. The van der Waals surface area contributed by atoms with Crippen molar-refractivity contribution in [3.05, 3.63) is 47.4 Å². The minimum atomic E-state index is -1.07. The fourth-order valence-electron chi connectivity index (χ4n) is 3.00. The molecule has 0 aliphatic carbocycles. The first-order chi connectivity index (χ1) is 13.0. The molecule has 8 nitrogen and oxygen atoms in total. The van der Waals surface area contributed by atoms with Crippen molar-refractivity contribution in [2.75, 3.05) is 24.6 Å². The number of carboxylic acids is 1. The Morgan fingerprint density at radius 2 is 2.07 bits per heavy atom. The number of rotatable bonds is 7. The fraction of sp³-hybridized carbons (Fsp3) is 0.316. The number of ether oxygens (including phenoxy) is 1. The Bertz CT molecular complexity index is 873. The van der Waals surface area contributed by atoms with Gasteiger partial charge in [-0.05, 0) is 25.5 Å². The molecule has 3 rings (SSSR count). The van der Waals surface area contributed by atoms with Crippen molar-refractivity contribution >= 4 is 23.5 Å². The van der Waals surface area contributed by atoms with E-state index in [1.54, 1.807) is 11.8 Å². The summed E-state index contributed by atoms with van der Waals surface area (Å²) in [5, 5.41) is 11.7. The molecule has 1 aromatic carbocycles. The molecule has 1 aliphatic rings. The number of para-hydroxylation sites is 2. The van der Waals surface area contributed by atoms with Crippen LogP contribution in [0.1, 0.15) is 28.1 Å². The highest BCUT2D eigenvalue weighted by atomic mass is 16.5. The van der Waals surface area contributed by atoms with Gasteiger partial charge < -0.3 is 24.5 Å². The summed E-state index contributed by atoms with van der Waals surface area (Å²) in [6.45, 7) is 2.46. The van der Waals surface area contributed by atoms with Crippen LogP contribution in [0.2, 0.25) is 0 Å². The second-order valence-electron chi connectivity index (χ2n) is 6.20. The molecule has 2 amide bonds. The van der Waals surface area contributed by atoms with Gasteiger partial charge in [-0.1, -0.05) is 12.1 Å². The van der Waals surface area contributed by atoms with Crippen molar-refractivity contribution in [1.82, 2.24) is 5.32 Å². The van der Waals surface area contributed by atoms with Gasteiger partial charge in [-0.3, -0.25) is 14.4 Å². The molecule has 2 aromatic rings. The first-order valence-corrected chi connectivity index (χ1v) is 8.56. The number of nitrogens with one attached hydrogen (secondary N) is 1. The van der Waals surface area contributed by atoms with Crippen molar-refractivity contribution in [3.8, 4) is 5.75 Å². The largest absolute Gasteiger partial charge is 0.482 e. The molecule has 2 N–H and O–H groups in total. The van der Waals surface area contributed by atoms with Gasteiger partial charge in [0.2, 0.25) is 0 Å². The molecule has 27 heavy (non-hydrogen) atoms. The number of amides is 2. The van der Waals surface area contributed by atoms with Crippen LogP contribution >= 0.6 is 0 Å². The van der Waals surface area contributed by atoms with E-state index in [0.717, 1.165) is 5.69 Å². The quantitative estimate of drug-likeness (QED) is 0.717. The number of aryl methyl sites for hydroxylation is 1.